The highest BCUT2D eigenvalue weighted by Crippen LogP contribution is 2.12. The molecule has 0 N–H and O–H groups in total. The van der Waals surface area contributed by atoms with E-state index in [-0.39, 0.29) is 5.15 Å². The molecule has 0 amide bonds. The Kier molecular flexibility index (Phi) is 3.91. The summed E-state index contributed by atoms with van der Waals surface area (Å²) in [5, 5.41) is 8.96. The molecule has 0 radical (unpaired) electrons. The van der Waals surface area contributed by atoms with Crippen molar-refractivity contribution >= 4 is 11.6 Å². The van der Waals surface area contributed by atoms with E-state index in [1.165, 1.54) is 17.3 Å². The van der Waals surface area contributed by atoms with Gasteiger partial charge in [0.25, 0.3) is 0 Å². The van der Waals surface area contributed by atoms with Crippen LogP contribution in [0, 0.1) is 18.3 Å². The average Bonchev–Trinajstić information content (AvgIpc) is 2.37. The molecule has 3 nitrogen and oxygen atoms in total. The normalized spacial score (nSPS) is 10.1. The monoisotopic (exact) mass is 257 g/mol. The summed E-state index contributed by atoms with van der Waals surface area (Å²) < 4.78 is 0. The Morgan fingerprint density at radius 3 is 2.83 bits per heavy atom. The largest absolute Gasteiger partial charge is 0.240 e. The zero-order valence-corrected chi connectivity index (χ0v) is 10.8. The molecular weight excluding hydrogens is 246 g/mol. The van der Waals surface area contributed by atoms with E-state index in [1.807, 2.05) is 12.1 Å². The van der Waals surface area contributed by atoms with E-state index in [0.717, 1.165) is 12.8 Å². The molecule has 0 unspecified atom stereocenters. The van der Waals surface area contributed by atoms with Gasteiger partial charge in [0.1, 0.15) is 17.5 Å². The van der Waals surface area contributed by atoms with Crippen molar-refractivity contribution in [3.8, 4) is 6.07 Å². The molecule has 0 aliphatic carbocycles. The fourth-order valence-electron chi connectivity index (χ4n) is 1.71. The fraction of sp³-hybridized carbons (Fsp3) is 0.214. The van der Waals surface area contributed by atoms with E-state index in [9.17, 15) is 0 Å². The van der Waals surface area contributed by atoms with Gasteiger partial charge in [-0.3, -0.25) is 0 Å². The molecule has 1 aromatic carbocycles. The summed E-state index contributed by atoms with van der Waals surface area (Å²) in [6.07, 6.45) is 3.06. The molecule has 1 aromatic heterocycles. The van der Waals surface area contributed by atoms with Gasteiger partial charge in [-0.1, -0.05) is 41.4 Å². The van der Waals surface area contributed by atoms with Crippen LogP contribution in [0.5, 0.6) is 0 Å². The third kappa shape index (κ3) is 3.06. The van der Waals surface area contributed by atoms with Gasteiger partial charge < -0.3 is 0 Å². The Morgan fingerprint density at radius 2 is 2.17 bits per heavy atom. The van der Waals surface area contributed by atoms with Crippen LogP contribution in [-0.4, -0.2) is 9.97 Å². The first-order chi connectivity index (χ1) is 8.69. The molecule has 0 aliphatic heterocycles. The van der Waals surface area contributed by atoms with Crippen LogP contribution in [0.4, 0.5) is 0 Å². The first-order valence-corrected chi connectivity index (χ1v) is 6.04. The minimum Gasteiger partial charge on any atom is -0.240 e. The predicted molar refractivity (Wildman–Crippen MR) is 70.3 cm³/mol. The van der Waals surface area contributed by atoms with Crippen molar-refractivity contribution in [2.24, 2.45) is 0 Å². The van der Waals surface area contributed by atoms with Gasteiger partial charge in [-0.2, -0.15) is 5.26 Å². The number of rotatable bonds is 3. The van der Waals surface area contributed by atoms with Crippen LogP contribution in [0.1, 0.15) is 22.5 Å². The van der Waals surface area contributed by atoms with Crippen molar-refractivity contribution in [2.45, 2.75) is 19.8 Å². The van der Waals surface area contributed by atoms with Gasteiger partial charge in [0.15, 0.2) is 5.15 Å². The lowest BCUT2D eigenvalue weighted by molar-refractivity contribution is 0.855. The Morgan fingerprint density at radius 1 is 1.33 bits per heavy atom. The standard InChI is InChI=1S/C14H12ClN3/c1-10-3-2-4-11(7-10)5-6-13-17-9-12(8-16)14(15)18-13/h2-4,7,9H,5-6H2,1H3. The van der Waals surface area contributed by atoms with Crippen LogP contribution in [-0.2, 0) is 12.8 Å². The maximum Gasteiger partial charge on any atom is 0.150 e. The van der Waals surface area contributed by atoms with Gasteiger partial charge in [0.05, 0.1) is 0 Å². The maximum absolute atomic E-state index is 8.73. The van der Waals surface area contributed by atoms with Crippen molar-refractivity contribution in [1.29, 1.82) is 5.26 Å². The summed E-state index contributed by atoms with van der Waals surface area (Å²) >= 11 is 5.86. The highest BCUT2D eigenvalue weighted by atomic mass is 35.5. The second-order valence-corrected chi connectivity index (χ2v) is 4.45. The molecule has 0 saturated heterocycles. The summed E-state index contributed by atoms with van der Waals surface area (Å²) in [5.41, 5.74) is 2.81. The van der Waals surface area contributed by atoms with Gasteiger partial charge in [0.2, 0.25) is 0 Å². The summed E-state index contributed by atoms with van der Waals surface area (Å²) in [6.45, 7) is 2.07. The summed E-state index contributed by atoms with van der Waals surface area (Å²) in [5.74, 6) is 0.667. The first-order valence-electron chi connectivity index (χ1n) is 5.66. The molecule has 18 heavy (non-hydrogen) atoms. The number of hydrogen-bond acceptors (Lipinski definition) is 3. The smallest absolute Gasteiger partial charge is 0.150 e. The SMILES string of the molecule is Cc1cccc(CCc2ncc(C#N)c(Cl)n2)c1. The highest BCUT2D eigenvalue weighted by molar-refractivity contribution is 6.30. The molecule has 0 bridgehead atoms. The number of aryl methyl sites for hydroxylation is 3. The van der Waals surface area contributed by atoms with E-state index >= 15 is 0 Å². The van der Waals surface area contributed by atoms with E-state index in [0.29, 0.717) is 11.4 Å². The number of halogens is 1. The van der Waals surface area contributed by atoms with Crippen molar-refractivity contribution in [3.63, 3.8) is 0 Å². The second-order valence-electron chi connectivity index (χ2n) is 4.09. The zero-order chi connectivity index (χ0) is 13.0. The summed E-state index contributed by atoms with van der Waals surface area (Å²) in [7, 11) is 0. The average molecular weight is 258 g/mol. The summed E-state index contributed by atoms with van der Waals surface area (Å²) in [6, 6.07) is 10.3. The molecule has 90 valence electrons. The van der Waals surface area contributed by atoms with E-state index in [2.05, 4.69) is 35.1 Å². The Hall–Kier alpha value is -1.92. The van der Waals surface area contributed by atoms with E-state index < -0.39 is 0 Å². The molecular formula is C14H12ClN3. The minimum absolute atomic E-state index is 0.228. The Balaban J connectivity index is 2.07. The topological polar surface area (TPSA) is 49.6 Å². The number of nitrogens with zero attached hydrogens (tertiary/aromatic N) is 3. The van der Waals surface area contributed by atoms with Crippen molar-refractivity contribution < 1.29 is 0 Å². The molecule has 0 aliphatic rings. The molecule has 4 heteroatoms. The third-order valence-electron chi connectivity index (χ3n) is 2.63. The van der Waals surface area contributed by atoms with Gasteiger partial charge in [-0.05, 0) is 18.9 Å². The fourth-order valence-corrected chi connectivity index (χ4v) is 1.90. The molecule has 2 rings (SSSR count). The third-order valence-corrected chi connectivity index (χ3v) is 2.92. The van der Waals surface area contributed by atoms with E-state index in [4.69, 9.17) is 16.9 Å². The minimum atomic E-state index is 0.228. The quantitative estimate of drug-likeness (QED) is 0.794. The number of hydrogen-bond donors (Lipinski definition) is 0. The molecule has 2 aromatic rings. The van der Waals surface area contributed by atoms with Crippen molar-refractivity contribution in [2.75, 3.05) is 0 Å². The van der Waals surface area contributed by atoms with Crippen LogP contribution >= 0.6 is 11.6 Å². The van der Waals surface area contributed by atoms with Crippen LogP contribution in [0.15, 0.2) is 30.5 Å². The molecule has 0 fully saturated rings. The van der Waals surface area contributed by atoms with E-state index in [1.54, 1.807) is 0 Å². The van der Waals surface area contributed by atoms with Crippen LogP contribution in [0.25, 0.3) is 0 Å². The Labute approximate surface area is 111 Å². The van der Waals surface area contributed by atoms with Crippen molar-refractivity contribution in [1.82, 2.24) is 9.97 Å². The molecule has 0 atom stereocenters. The maximum atomic E-state index is 8.73. The van der Waals surface area contributed by atoms with Gasteiger partial charge >= 0.3 is 0 Å². The summed E-state index contributed by atoms with van der Waals surface area (Å²) in [4.78, 5) is 8.24. The Bertz CT molecular complexity index is 602. The second kappa shape index (κ2) is 5.61. The van der Waals surface area contributed by atoms with Crippen LogP contribution < -0.4 is 0 Å². The lowest BCUT2D eigenvalue weighted by atomic mass is 10.1. The molecule has 0 spiro atoms. The highest BCUT2D eigenvalue weighted by Gasteiger charge is 2.04. The molecule has 1 heterocycles. The number of benzene rings is 1. The lowest BCUT2D eigenvalue weighted by Crippen LogP contribution is -1.99. The van der Waals surface area contributed by atoms with Gasteiger partial charge in [0, 0.05) is 12.6 Å². The first kappa shape index (κ1) is 12.5. The predicted octanol–water partition coefficient (Wildman–Crippen LogP) is 3.10. The van der Waals surface area contributed by atoms with Crippen molar-refractivity contribution in [3.05, 3.63) is 58.1 Å². The van der Waals surface area contributed by atoms with Gasteiger partial charge in [-0.15, -0.1) is 0 Å². The molecule has 0 saturated carbocycles. The van der Waals surface area contributed by atoms with Gasteiger partial charge in [-0.25, -0.2) is 9.97 Å². The van der Waals surface area contributed by atoms with Crippen LogP contribution in [0.2, 0.25) is 5.15 Å². The zero-order valence-electron chi connectivity index (χ0n) is 10.0. The lowest BCUT2D eigenvalue weighted by Gasteiger charge is -2.03. The van der Waals surface area contributed by atoms with Crippen LogP contribution in [0.3, 0.4) is 0 Å². The number of aromatic nitrogens is 2. The number of nitriles is 1.